The number of anilines is 1. The lowest BCUT2D eigenvalue weighted by molar-refractivity contribution is -0.143. The predicted molar refractivity (Wildman–Crippen MR) is 182 cm³/mol. The van der Waals surface area contributed by atoms with E-state index in [-0.39, 0.29) is 14.5 Å². The van der Waals surface area contributed by atoms with E-state index in [1.165, 1.54) is 0 Å². The van der Waals surface area contributed by atoms with Crippen molar-refractivity contribution in [3.05, 3.63) is 65.2 Å². The number of rotatable bonds is 6. The summed E-state index contributed by atoms with van der Waals surface area (Å²) < 4.78 is 88.2. The minimum Gasteiger partial charge on any atom is -0.393 e. The van der Waals surface area contributed by atoms with E-state index in [0.717, 1.165) is 30.7 Å². The van der Waals surface area contributed by atoms with Crippen molar-refractivity contribution < 1.29 is 26.3 Å². The lowest BCUT2D eigenvalue weighted by Gasteiger charge is -2.82. The molecule has 12 heteroatoms. The highest BCUT2D eigenvalue weighted by Crippen LogP contribution is 2.86. The van der Waals surface area contributed by atoms with Crippen LogP contribution in [0, 0.1) is 0 Å². The van der Waals surface area contributed by atoms with E-state index in [9.17, 15) is 26.3 Å². The molecule has 3 atom stereocenters. The molecule has 4 rings (SSSR count). The van der Waals surface area contributed by atoms with E-state index in [2.05, 4.69) is 95.3 Å². The first-order valence-corrected chi connectivity index (χ1v) is 32.2. The van der Waals surface area contributed by atoms with Gasteiger partial charge < -0.3 is 4.57 Å². The molecular formula is C31H49F6NSi5. The van der Waals surface area contributed by atoms with Crippen LogP contribution in [0.1, 0.15) is 35.6 Å². The quantitative estimate of drug-likeness (QED) is 0.216. The largest absolute Gasteiger partial charge is 0.416 e. The standard InChI is InChI=1S/C31H49F6NSi5/c1-39(2,3)28-18-19-29(40(4,5)6,41(7,8)9)43(28,42(10,11)12)38(26-16-14-13-15-17-26)27(28)23-20-24(30(32,33)34)22-25(21-23)31(35,36)37/h13-17,20-22,27H,18-19H2,1-12H3/t27-,28+,43+/m1/s1. The van der Waals surface area contributed by atoms with Crippen LogP contribution < -0.4 is 4.57 Å². The van der Waals surface area contributed by atoms with Crippen molar-refractivity contribution in [1.29, 1.82) is 0 Å². The molecule has 2 aromatic rings. The summed E-state index contributed by atoms with van der Waals surface area (Å²) in [7, 11) is -11.1. The van der Waals surface area contributed by atoms with E-state index >= 15 is 0 Å². The van der Waals surface area contributed by atoms with Gasteiger partial charge in [0.25, 0.3) is 0 Å². The Hall–Kier alpha value is -1.10. The van der Waals surface area contributed by atoms with E-state index < -0.39 is 69.1 Å². The summed E-state index contributed by atoms with van der Waals surface area (Å²) in [6.07, 6.45) is -7.82. The molecule has 0 unspecified atom stereocenters. The summed E-state index contributed by atoms with van der Waals surface area (Å²) in [5.74, 6) is 0. The van der Waals surface area contributed by atoms with Crippen LogP contribution in [0.15, 0.2) is 48.5 Å². The highest BCUT2D eigenvalue weighted by molar-refractivity contribution is 7.54. The van der Waals surface area contributed by atoms with Gasteiger partial charge in [0.2, 0.25) is 0 Å². The Morgan fingerprint density at radius 1 is 0.651 bits per heavy atom. The van der Waals surface area contributed by atoms with Gasteiger partial charge in [-0.05, 0) is 46.6 Å². The van der Waals surface area contributed by atoms with Crippen LogP contribution in [0.3, 0.4) is 0 Å². The van der Waals surface area contributed by atoms with Crippen molar-refractivity contribution in [2.45, 2.75) is 119 Å². The van der Waals surface area contributed by atoms with Crippen molar-refractivity contribution in [3.63, 3.8) is 0 Å². The van der Waals surface area contributed by atoms with Crippen molar-refractivity contribution >= 4 is 45.3 Å². The van der Waals surface area contributed by atoms with Crippen molar-refractivity contribution in [1.82, 2.24) is 0 Å². The Labute approximate surface area is 259 Å². The van der Waals surface area contributed by atoms with Gasteiger partial charge in [-0.1, -0.05) is 103 Å². The fourth-order valence-electron chi connectivity index (χ4n) is 10.7. The molecule has 0 radical (unpaired) electrons. The molecule has 0 amide bonds. The summed E-state index contributed by atoms with van der Waals surface area (Å²) in [5, 5.41) is 0. The number of nitrogens with zero attached hydrogens (tertiary/aromatic N) is 1. The van der Waals surface area contributed by atoms with Gasteiger partial charge in [0.1, 0.15) is 0 Å². The number of halogens is 6. The third-order valence-corrected chi connectivity index (χ3v) is 53.3. The molecule has 0 N–H and O–H groups in total. The summed E-state index contributed by atoms with van der Waals surface area (Å²) in [6, 6.07) is 11.9. The first-order valence-electron chi connectivity index (χ1n) is 15.3. The Bertz CT molecular complexity index is 1320. The molecule has 2 saturated heterocycles. The molecular weight excluding hydrogens is 641 g/mol. The van der Waals surface area contributed by atoms with Gasteiger partial charge in [0.05, 0.1) is 26.8 Å². The molecule has 0 aromatic heterocycles. The molecule has 2 fully saturated rings. The SMILES string of the molecule is C[Si](C)(C)C1([Si](C)(C)C)CC[C@@]2([Si](C)(C)C)[C@@H](c3cc(C(F)(F)F)cc(C(F)(F)F)c3)N(c3ccccc3)[Si@@]12[Si](C)(C)C. The number of alkyl halides is 6. The topological polar surface area (TPSA) is 3.24 Å². The zero-order valence-corrected chi connectivity index (χ0v) is 32.8. The maximum atomic E-state index is 14.3. The number of hydrogen-bond acceptors (Lipinski definition) is 1. The van der Waals surface area contributed by atoms with Crippen LogP contribution in [-0.4, -0.2) is 39.6 Å². The van der Waals surface area contributed by atoms with Crippen LogP contribution in [0.4, 0.5) is 32.0 Å². The van der Waals surface area contributed by atoms with Crippen molar-refractivity contribution in [3.8, 4) is 0 Å². The van der Waals surface area contributed by atoms with Gasteiger partial charge in [0, 0.05) is 32.5 Å². The van der Waals surface area contributed by atoms with Crippen LogP contribution in [0.5, 0.6) is 0 Å². The Morgan fingerprint density at radius 2 is 1.09 bits per heavy atom. The minimum atomic E-state index is -4.88. The Kier molecular flexibility index (Phi) is 8.05. The first kappa shape index (κ1) is 34.8. The average Bonchev–Trinajstić information content (AvgIpc) is 3.08. The van der Waals surface area contributed by atoms with Gasteiger partial charge in [-0.25, -0.2) is 0 Å². The molecule has 0 aliphatic carbocycles. The minimum absolute atomic E-state index is 0.124. The second-order valence-corrected chi connectivity index (χ2v) is 50.0. The van der Waals surface area contributed by atoms with Crippen LogP contribution in [-0.2, 0) is 12.4 Å². The van der Waals surface area contributed by atoms with E-state index in [1.54, 1.807) is 0 Å². The highest BCUT2D eigenvalue weighted by atomic mass is 29.3. The maximum Gasteiger partial charge on any atom is 0.416 e. The van der Waals surface area contributed by atoms with Gasteiger partial charge in [0.15, 0.2) is 7.75 Å². The van der Waals surface area contributed by atoms with Gasteiger partial charge in [-0.15, -0.1) is 0 Å². The third kappa shape index (κ3) is 4.61. The lowest BCUT2D eigenvalue weighted by Crippen LogP contribution is -2.94. The second kappa shape index (κ2) is 9.95. The molecule has 2 aliphatic rings. The second-order valence-electron chi connectivity index (χ2n) is 17.0. The van der Waals surface area contributed by atoms with Gasteiger partial charge >= 0.3 is 12.4 Å². The third-order valence-electron chi connectivity index (χ3n) is 11.2. The van der Waals surface area contributed by atoms with Gasteiger partial charge in [-0.2, -0.15) is 26.3 Å². The van der Waals surface area contributed by atoms with Gasteiger partial charge in [-0.3, -0.25) is 0 Å². The van der Waals surface area contributed by atoms with Crippen molar-refractivity contribution in [2.24, 2.45) is 0 Å². The maximum absolute atomic E-state index is 14.3. The molecule has 0 spiro atoms. The van der Waals surface area contributed by atoms with Crippen molar-refractivity contribution in [2.75, 3.05) is 4.57 Å². The molecule has 2 aromatic carbocycles. The summed E-state index contributed by atoms with van der Waals surface area (Å²) in [6.45, 7) is 29.5. The fourth-order valence-corrected chi connectivity index (χ4v) is 80.3. The molecule has 2 aliphatic heterocycles. The van der Waals surface area contributed by atoms with Crippen LogP contribution >= 0.6 is 0 Å². The molecule has 240 valence electrons. The molecule has 0 saturated carbocycles. The average molecular weight is 690 g/mol. The summed E-state index contributed by atoms with van der Waals surface area (Å²) >= 11 is 0. The first-order chi connectivity index (χ1) is 19.1. The molecule has 43 heavy (non-hydrogen) atoms. The summed E-state index contributed by atoms with van der Waals surface area (Å²) in [5.41, 5.74) is -1.24. The predicted octanol–water partition coefficient (Wildman–Crippen LogP) is 11.6. The Morgan fingerprint density at radius 3 is 1.44 bits per heavy atom. The normalized spacial score (nSPS) is 26.7. The van der Waals surface area contributed by atoms with E-state index in [0.29, 0.717) is 6.07 Å². The molecule has 0 bridgehead atoms. The summed E-state index contributed by atoms with van der Waals surface area (Å²) in [4.78, 5) is 0. The monoisotopic (exact) mass is 689 g/mol. The number of para-hydroxylation sites is 1. The smallest absolute Gasteiger partial charge is 0.393 e. The van der Waals surface area contributed by atoms with Crippen LogP contribution in [0.2, 0.25) is 87.5 Å². The fraction of sp³-hybridized carbons (Fsp3) is 0.613. The van der Waals surface area contributed by atoms with Crippen LogP contribution in [0.25, 0.3) is 0 Å². The lowest BCUT2D eigenvalue weighted by atomic mass is 9.94. The molecule has 2 heterocycles. The Balaban J connectivity index is 2.27. The molecule has 1 nitrogen and oxygen atoms in total. The zero-order valence-electron chi connectivity index (χ0n) is 27.8. The zero-order chi connectivity index (χ0) is 33.0. The number of hydrogen-bond donors (Lipinski definition) is 0. The number of fused-ring (bicyclic) bond motifs is 1. The van der Waals surface area contributed by atoms with E-state index in [1.807, 2.05) is 18.2 Å². The van der Waals surface area contributed by atoms with E-state index in [4.69, 9.17) is 0 Å². The number of benzene rings is 2. The highest BCUT2D eigenvalue weighted by Gasteiger charge is 2.91.